The molecule has 0 fully saturated rings. The second-order valence-electron chi connectivity index (χ2n) is 5.38. The van der Waals surface area contributed by atoms with Crippen LogP contribution >= 0.6 is 0 Å². The van der Waals surface area contributed by atoms with Crippen LogP contribution in [0.15, 0.2) is 47.4 Å². The highest BCUT2D eigenvalue weighted by Crippen LogP contribution is 2.17. The van der Waals surface area contributed by atoms with Gasteiger partial charge < -0.3 is 10.1 Å². The summed E-state index contributed by atoms with van der Waals surface area (Å²) in [5.74, 6) is 0.325. The van der Waals surface area contributed by atoms with E-state index in [-0.39, 0.29) is 17.4 Å². The molecule has 0 aliphatic heterocycles. The summed E-state index contributed by atoms with van der Waals surface area (Å²) in [6, 6.07) is 11.6. The monoisotopic (exact) mass is 333 g/mol. The van der Waals surface area contributed by atoms with E-state index in [1.165, 1.54) is 12.1 Å². The molecular formula is C17H19NO4S. The molecule has 0 atom stereocenters. The van der Waals surface area contributed by atoms with Gasteiger partial charge in [-0.3, -0.25) is 4.79 Å². The SMILES string of the molecule is Cc1ccc(OCC(=O)Nc2ccc(S(C)(=O)=O)cc2)cc1C. The van der Waals surface area contributed by atoms with Crippen LogP contribution in [0.3, 0.4) is 0 Å². The fraction of sp³-hybridized carbons (Fsp3) is 0.235. The Balaban J connectivity index is 1.93. The van der Waals surface area contributed by atoms with E-state index in [1.54, 1.807) is 12.1 Å². The molecule has 5 nitrogen and oxygen atoms in total. The molecule has 1 amide bonds. The predicted molar refractivity (Wildman–Crippen MR) is 89.6 cm³/mol. The lowest BCUT2D eigenvalue weighted by Crippen LogP contribution is -2.20. The molecule has 0 saturated carbocycles. The number of carbonyl (C=O) groups excluding carboxylic acids is 1. The van der Waals surface area contributed by atoms with Gasteiger partial charge in [0.05, 0.1) is 4.90 Å². The molecular weight excluding hydrogens is 314 g/mol. The molecule has 23 heavy (non-hydrogen) atoms. The molecule has 2 rings (SSSR count). The Morgan fingerprint density at radius 3 is 2.26 bits per heavy atom. The third-order valence-corrected chi connectivity index (χ3v) is 4.54. The van der Waals surface area contributed by atoms with E-state index in [4.69, 9.17) is 4.74 Å². The zero-order valence-corrected chi connectivity index (χ0v) is 14.1. The first-order valence-electron chi connectivity index (χ1n) is 7.06. The molecule has 0 unspecified atom stereocenters. The van der Waals surface area contributed by atoms with Gasteiger partial charge in [-0.2, -0.15) is 0 Å². The number of benzene rings is 2. The molecule has 1 N–H and O–H groups in total. The van der Waals surface area contributed by atoms with Crippen LogP contribution in [-0.2, 0) is 14.6 Å². The van der Waals surface area contributed by atoms with Crippen LogP contribution in [0.2, 0.25) is 0 Å². The van der Waals surface area contributed by atoms with Crippen molar-refractivity contribution in [1.29, 1.82) is 0 Å². The minimum atomic E-state index is -3.24. The van der Waals surface area contributed by atoms with Crippen LogP contribution in [0.5, 0.6) is 5.75 Å². The van der Waals surface area contributed by atoms with Crippen molar-refractivity contribution in [3.8, 4) is 5.75 Å². The Morgan fingerprint density at radius 2 is 1.70 bits per heavy atom. The lowest BCUT2D eigenvalue weighted by molar-refractivity contribution is -0.118. The second kappa shape index (κ2) is 6.83. The summed E-state index contributed by atoms with van der Waals surface area (Å²) in [4.78, 5) is 12.1. The maximum Gasteiger partial charge on any atom is 0.262 e. The lowest BCUT2D eigenvalue weighted by Gasteiger charge is -2.09. The van der Waals surface area contributed by atoms with Crippen molar-refractivity contribution in [2.45, 2.75) is 18.7 Å². The third kappa shape index (κ3) is 4.82. The van der Waals surface area contributed by atoms with Gasteiger partial charge in [0.1, 0.15) is 5.75 Å². The summed E-state index contributed by atoms with van der Waals surface area (Å²) < 4.78 is 28.2. The maximum atomic E-state index is 11.9. The smallest absolute Gasteiger partial charge is 0.262 e. The first-order chi connectivity index (χ1) is 10.8. The Labute approximate surface area is 136 Å². The molecule has 0 radical (unpaired) electrons. The number of rotatable bonds is 5. The van der Waals surface area contributed by atoms with Crippen LogP contribution in [0, 0.1) is 13.8 Å². The Hall–Kier alpha value is -2.34. The number of hydrogen-bond donors (Lipinski definition) is 1. The quantitative estimate of drug-likeness (QED) is 0.913. The molecule has 122 valence electrons. The number of aryl methyl sites for hydroxylation is 2. The van der Waals surface area contributed by atoms with Crippen LogP contribution in [-0.4, -0.2) is 27.2 Å². The number of hydrogen-bond acceptors (Lipinski definition) is 4. The summed E-state index contributed by atoms with van der Waals surface area (Å²) in [7, 11) is -3.24. The summed E-state index contributed by atoms with van der Waals surface area (Å²) in [6.07, 6.45) is 1.14. The van der Waals surface area contributed by atoms with Crippen molar-refractivity contribution in [3.63, 3.8) is 0 Å². The standard InChI is InChI=1S/C17H19NO4S/c1-12-4-7-15(10-13(12)2)22-11-17(19)18-14-5-8-16(9-6-14)23(3,20)21/h4-10H,11H2,1-3H3,(H,18,19). The topological polar surface area (TPSA) is 72.5 Å². The largest absolute Gasteiger partial charge is 0.484 e. The summed E-state index contributed by atoms with van der Waals surface area (Å²) in [5.41, 5.74) is 2.78. The average molecular weight is 333 g/mol. The van der Waals surface area contributed by atoms with E-state index in [9.17, 15) is 13.2 Å². The second-order valence-corrected chi connectivity index (χ2v) is 7.40. The van der Waals surface area contributed by atoms with Gasteiger partial charge in [0.25, 0.3) is 5.91 Å². The van der Waals surface area contributed by atoms with Crippen molar-refractivity contribution >= 4 is 21.4 Å². The Bertz CT molecular complexity index is 811. The minimum Gasteiger partial charge on any atom is -0.484 e. The number of nitrogens with one attached hydrogen (secondary N) is 1. The number of anilines is 1. The van der Waals surface area contributed by atoms with Gasteiger partial charge in [-0.05, 0) is 61.4 Å². The van der Waals surface area contributed by atoms with Gasteiger partial charge in [-0.15, -0.1) is 0 Å². The molecule has 0 bridgehead atoms. The van der Waals surface area contributed by atoms with E-state index >= 15 is 0 Å². The zero-order chi connectivity index (χ0) is 17.0. The summed E-state index contributed by atoms with van der Waals surface area (Å²) in [6.45, 7) is 3.87. The lowest BCUT2D eigenvalue weighted by atomic mass is 10.1. The van der Waals surface area contributed by atoms with E-state index in [2.05, 4.69) is 5.32 Å². The summed E-state index contributed by atoms with van der Waals surface area (Å²) in [5, 5.41) is 2.66. The maximum absolute atomic E-state index is 11.9. The van der Waals surface area contributed by atoms with Crippen molar-refractivity contribution in [2.75, 3.05) is 18.2 Å². The minimum absolute atomic E-state index is 0.115. The Kier molecular flexibility index (Phi) is 5.05. The number of sulfone groups is 1. The van der Waals surface area contributed by atoms with Crippen molar-refractivity contribution in [3.05, 3.63) is 53.6 Å². The highest BCUT2D eigenvalue weighted by atomic mass is 32.2. The van der Waals surface area contributed by atoms with Gasteiger partial charge in [-0.1, -0.05) is 6.07 Å². The zero-order valence-electron chi connectivity index (χ0n) is 13.3. The van der Waals surface area contributed by atoms with Gasteiger partial charge in [-0.25, -0.2) is 8.42 Å². The molecule has 2 aromatic rings. The van der Waals surface area contributed by atoms with Gasteiger partial charge in [0.15, 0.2) is 16.4 Å². The van der Waals surface area contributed by atoms with E-state index in [0.717, 1.165) is 17.4 Å². The van der Waals surface area contributed by atoms with Crippen LogP contribution in [0.4, 0.5) is 5.69 Å². The van der Waals surface area contributed by atoms with E-state index in [0.29, 0.717) is 11.4 Å². The molecule has 0 aromatic heterocycles. The first kappa shape index (κ1) is 17.0. The highest BCUT2D eigenvalue weighted by Gasteiger charge is 2.08. The molecule has 0 aliphatic carbocycles. The molecule has 0 spiro atoms. The van der Waals surface area contributed by atoms with Gasteiger partial charge in [0, 0.05) is 11.9 Å². The Morgan fingerprint density at radius 1 is 1.04 bits per heavy atom. The van der Waals surface area contributed by atoms with Crippen molar-refractivity contribution in [1.82, 2.24) is 0 Å². The van der Waals surface area contributed by atoms with Crippen LogP contribution in [0.25, 0.3) is 0 Å². The third-order valence-electron chi connectivity index (χ3n) is 3.41. The number of ether oxygens (including phenoxy) is 1. The number of amides is 1. The number of carbonyl (C=O) groups is 1. The fourth-order valence-electron chi connectivity index (χ4n) is 1.94. The van der Waals surface area contributed by atoms with Gasteiger partial charge in [0.2, 0.25) is 0 Å². The summed E-state index contributed by atoms with van der Waals surface area (Å²) >= 11 is 0. The van der Waals surface area contributed by atoms with Crippen LogP contribution < -0.4 is 10.1 Å². The van der Waals surface area contributed by atoms with Crippen molar-refractivity contribution in [2.24, 2.45) is 0 Å². The average Bonchev–Trinajstić information content (AvgIpc) is 2.48. The van der Waals surface area contributed by atoms with E-state index < -0.39 is 9.84 Å². The molecule has 6 heteroatoms. The van der Waals surface area contributed by atoms with Crippen LogP contribution in [0.1, 0.15) is 11.1 Å². The molecule has 0 heterocycles. The molecule has 0 aliphatic rings. The van der Waals surface area contributed by atoms with Crippen molar-refractivity contribution < 1.29 is 17.9 Å². The predicted octanol–water partition coefficient (Wildman–Crippen LogP) is 2.72. The first-order valence-corrected chi connectivity index (χ1v) is 8.95. The normalized spacial score (nSPS) is 11.1. The fourth-order valence-corrected chi connectivity index (χ4v) is 2.57. The molecule has 0 saturated heterocycles. The highest BCUT2D eigenvalue weighted by molar-refractivity contribution is 7.90. The van der Waals surface area contributed by atoms with Gasteiger partial charge >= 0.3 is 0 Å². The van der Waals surface area contributed by atoms with E-state index in [1.807, 2.05) is 32.0 Å². The molecule has 2 aromatic carbocycles.